The van der Waals surface area contributed by atoms with Gasteiger partial charge in [-0.2, -0.15) is 0 Å². The largest absolute Gasteiger partial charge is 0.338 e. The average molecular weight is 332 g/mol. The van der Waals surface area contributed by atoms with E-state index in [2.05, 4.69) is 38.3 Å². The summed E-state index contributed by atoms with van der Waals surface area (Å²) in [6.45, 7) is 7.17. The Morgan fingerprint density at radius 2 is 2.11 bits per heavy atom. The van der Waals surface area contributed by atoms with Gasteiger partial charge in [0, 0.05) is 44.1 Å². The standard InChI is InChI=1S/C12H18BrN3OS/c1-2-14-12(17)16-7-5-15(6-8-16)9-10-3-4-11(13)18-10/h3-4H,2,5-9H2,1H3,(H,14,17). The minimum Gasteiger partial charge on any atom is -0.338 e. The molecule has 0 aliphatic carbocycles. The Hall–Kier alpha value is -0.590. The van der Waals surface area contributed by atoms with Gasteiger partial charge in [0.25, 0.3) is 0 Å². The van der Waals surface area contributed by atoms with Crippen LogP contribution in [0.4, 0.5) is 4.79 Å². The van der Waals surface area contributed by atoms with E-state index in [4.69, 9.17) is 0 Å². The summed E-state index contributed by atoms with van der Waals surface area (Å²) in [4.78, 5) is 17.3. The second-order valence-electron chi connectivity index (χ2n) is 4.30. The molecule has 100 valence electrons. The first-order chi connectivity index (χ1) is 8.69. The van der Waals surface area contributed by atoms with E-state index in [1.807, 2.05) is 11.8 Å². The molecule has 0 aromatic carbocycles. The van der Waals surface area contributed by atoms with Crippen LogP contribution in [-0.4, -0.2) is 48.6 Å². The van der Waals surface area contributed by atoms with Crippen LogP contribution in [0.25, 0.3) is 0 Å². The summed E-state index contributed by atoms with van der Waals surface area (Å²) in [5.74, 6) is 0. The lowest BCUT2D eigenvalue weighted by molar-refractivity contribution is 0.136. The highest BCUT2D eigenvalue weighted by Gasteiger charge is 2.20. The quantitative estimate of drug-likeness (QED) is 0.922. The highest BCUT2D eigenvalue weighted by atomic mass is 79.9. The molecule has 1 aliphatic rings. The maximum atomic E-state index is 11.7. The molecule has 1 aromatic rings. The number of rotatable bonds is 3. The van der Waals surface area contributed by atoms with E-state index in [0.717, 1.165) is 32.7 Å². The fraction of sp³-hybridized carbons (Fsp3) is 0.583. The fourth-order valence-corrected chi connectivity index (χ4v) is 3.55. The van der Waals surface area contributed by atoms with Crippen LogP contribution in [0, 0.1) is 0 Å². The van der Waals surface area contributed by atoms with Crippen molar-refractivity contribution in [2.75, 3.05) is 32.7 Å². The minimum atomic E-state index is 0.0658. The van der Waals surface area contributed by atoms with E-state index in [1.165, 1.54) is 8.66 Å². The molecular weight excluding hydrogens is 314 g/mol. The normalized spacial score (nSPS) is 16.9. The number of piperazine rings is 1. The van der Waals surface area contributed by atoms with Gasteiger partial charge >= 0.3 is 6.03 Å². The number of nitrogens with one attached hydrogen (secondary N) is 1. The molecule has 0 atom stereocenters. The number of nitrogens with zero attached hydrogens (tertiary/aromatic N) is 2. The summed E-state index contributed by atoms with van der Waals surface area (Å²) < 4.78 is 1.18. The molecule has 1 aromatic heterocycles. The van der Waals surface area contributed by atoms with Crippen molar-refractivity contribution in [3.63, 3.8) is 0 Å². The summed E-state index contributed by atoms with van der Waals surface area (Å²) >= 11 is 5.26. The van der Waals surface area contributed by atoms with Gasteiger partial charge in [0.1, 0.15) is 0 Å². The zero-order valence-corrected chi connectivity index (χ0v) is 12.9. The Morgan fingerprint density at radius 1 is 1.39 bits per heavy atom. The monoisotopic (exact) mass is 331 g/mol. The fourth-order valence-electron chi connectivity index (χ4n) is 2.03. The van der Waals surface area contributed by atoms with Gasteiger partial charge in [0.05, 0.1) is 3.79 Å². The van der Waals surface area contributed by atoms with E-state index >= 15 is 0 Å². The van der Waals surface area contributed by atoms with Crippen molar-refractivity contribution in [2.24, 2.45) is 0 Å². The van der Waals surface area contributed by atoms with Gasteiger partial charge in [-0.15, -0.1) is 11.3 Å². The van der Waals surface area contributed by atoms with Crippen molar-refractivity contribution < 1.29 is 4.79 Å². The third-order valence-electron chi connectivity index (χ3n) is 3.00. The first kappa shape index (κ1) is 13.8. The first-order valence-electron chi connectivity index (χ1n) is 6.18. The minimum absolute atomic E-state index is 0.0658. The number of amides is 2. The predicted molar refractivity (Wildman–Crippen MR) is 77.9 cm³/mol. The van der Waals surface area contributed by atoms with Gasteiger partial charge in [-0.1, -0.05) is 0 Å². The number of carbonyl (C=O) groups is 1. The van der Waals surface area contributed by atoms with Crippen LogP contribution >= 0.6 is 27.3 Å². The molecule has 1 N–H and O–H groups in total. The number of halogens is 1. The number of hydrogen-bond acceptors (Lipinski definition) is 3. The molecule has 2 rings (SSSR count). The van der Waals surface area contributed by atoms with Gasteiger partial charge in [-0.25, -0.2) is 4.79 Å². The van der Waals surface area contributed by atoms with E-state index in [0.29, 0.717) is 6.54 Å². The van der Waals surface area contributed by atoms with Crippen molar-refractivity contribution >= 4 is 33.3 Å². The molecule has 4 nitrogen and oxygen atoms in total. The molecule has 2 amide bonds. The molecule has 0 radical (unpaired) electrons. The molecule has 1 fully saturated rings. The van der Waals surface area contributed by atoms with Gasteiger partial charge < -0.3 is 10.2 Å². The molecule has 0 saturated carbocycles. The second kappa shape index (κ2) is 6.54. The topological polar surface area (TPSA) is 35.6 Å². The Morgan fingerprint density at radius 3 is 2.67 bits per heavy atom. The molecule has 18 heavy (non-hydrogen) atoms. The summed E-state index contributed by atoms with van der Waals surface area (Å²) in [5, 5.41) is 2.85. The lowest BCUT2D eigenvalue weighted by Crippen LogP contribution is -2.51. The summed E-state index contributed by atoms with van der Waals surface area (Å²) in [6.07, 6.45) is 0. The van der Waals surface area contributed by atoms with Crippen molar-refractivity contribution in [2.45, 2.75) is 13.5 Å². The lowest BCUT2D eigenvalue weighted by Gasteiger charge is -2.34. The Balaban J connectivity index is 1.78. The van der Waals surface area contributed by atoms with Crippen molar-refractivity contribution in [3.05, 3.63) is 20.8 Å². The number of hydrogen-bond donors (Lipinski definition) is 1. The van der Waals surface area contributed by atoms with E-state index in [9.17, 15) is 4.79 Å². The zero-order chi connectivity index (χ0) is 13.0. The summed E-state index contributed by atoms with van der Waals surface area (Å²) in [5.41, 5.74) is 0. The maximum absolute atomic E-state index is 11.7. The van der Waals surface area contributed by atoms with Crippen LogP contribution < -0.4 is 5.32 Å². The average Bonchev–Trinajstić information content (AvgIpc) is 2.76. The lowest BCUT2D eigenvalue weighted by atomic mass is 10.3. The number of thiophene rings is 1. The van der Waals surface area contributed by atoms with Crippen molar-refractivity contribution in [1.82, 2.24) is 15.1 Å². The predicted octanol–water partition coefficient (Wildman–Crippen LogP) is 2.36. The van der Waals surface area contributed by atoms with Crippen molar-refractivity contribution in [3.8, 4) is 0 Å². The third kappa shape index (κ3) is 3.70. The second-order valence-corrected chi connectivity index (χ2v) is 6.85. The first-order valence-corrected chi connectivity index (χ1v) is 7.79. The van der Waals surface area contributed by atoms with Crippen LogP contribution in [-0.2, 0) is 6.54 Å². The Bertz CT molecular complexity index is 402. The summed E-state index contributed by atoms with van der Waals surface area (Å²) in [6, 6.07) is 4.31. The highest BCUT2D eigenvalue weighted by Crippen LogP contribution is 2.23. The third-order valence-corrected chi connectivity index (χ3v) is 4.60. The number of carbonyl (C=O) groups excluding carboxylic acids is 1. The molecule has 1 aliphatic heterocycles. The molecule has 2 heterocycles. The number of urea groups is 1. The summed E-state index contributed by atoms with van der Waals surface area (Å²) in [7, 11) is 0. The van der Waals surface area contributed by atoms with E-state index in [1.54, 1.807) is 11.3 Å². The molecule has 0 bridgehead atoms. The van der Waals surface area contributed by atoms with Crippen LogP contribution in [0.5, 0.6) is 0 Å². The molecule has 6 heteroatoms. The Labute approximate surface area is 120 Å². The molecule has 0 spiro atoms. The SMILES string of the molecule is CCNC(=O)N1CCN(Cc2ccc(Br)s2)CC1. The van der Waals surface area contributed by atoms with Crippen LogP contribution in [0.2, 0.25) is 0 Å². The molecule has 0 unspecified atom stereocenters. The Kier molecular flexibility index (Phi) is 5.03. The van der Waals surface area contributed by atoms with Crippen molar-refractivity contribution in [1.29, 1.82) is 0 Å². The van der Waals surface area contributed by atoms with Crippen LogP contribution in [0.3, 0.4) is 0 Å². The van der Waals surface area contributed by atoms with E-state index in [-0.39, 0.29) is 6.03 Å². The van der Waals surface area contributed by atoms with Gasteiger partial charge in [-0.05, 0) is 35.0 Å². The van der Waals surface area contributed by atoms with Crippen LogP contribution in [0.15, 0.2) is 15.9 Å². The van der Waals surface area contributed by atoms with Crippen LogP contribution in [0.1, 0.15) is 11.8 Å². The van der Waals surface area contributed by atoms with E-state index < -0.39 is 0 Å². The molecule has 1 saturated heterocycles. The van der Waals surface area contributed by atoms with Gasteiger partial charge in [0.15, 0.2) is 0 Å². The highest BCUT2D eigenvalue weighted by molar-refractivity contribution is 9.11. The smallest absolute Gasteiger partial charge is 0.317 e. The molecular formula is C12H18BrN3OS. The van der Waals surface area contributed by atoms with Gasteiger partial charge in [0.2, 0.25) is 0 Å². The zero-order valence-electron chi connectivity index (χ0n) is 10.5. The van der Waals surface area contributed by atoms with Gasteiger partial charge in [-0.3, -0.25) is 4.90 Å². The maximum Gasteiger partial charge on any atom is 0.317 e.